The molecule has 118 valence electrons. The largest absolute Gasteiger partial charge is 0.377 e. The highest BCUT2D eigenvalue weighted by molar-refractivity contribution is 7.15. The van der Waals surface area contributed by atoms with Gasteiger partial charge in [0.1, 0.15) is 11.6 Å². The van der Waals surface area contributed by atoms with Gasteiger partial charge in [0.15, 0.2) is 0 Å². The molecule has 0 saturated carbocycles. The number of hydrogen-bond acceptors (Lipinski definition) is 7. The first-order valence-corrected chi connectivity index (χ1v) is 7.56. The summed E-state index contributed by atoms with van der Waals surface area (Å²) in [6.45, 7) is 0.347. The number of carbonyl (C=O) groups is 1. The van der Waals surface area contributed by atoms with Gasteiger partial charge in [-0.15, -0.1) is 10.2 Å². The molecule has 0 bridgehead atoms. The van der Waals surface area contributed by atoms with Crippen LogP contribution in [0.5, 0.6) is 0 Å². The number of rotatable bonds is 5. The Morgan fingerprint density at radius 3 is 2.87 bits per heavy atom. The van der Waals surface area contributed by atoms with Gasteiger partial charge < -0.3 is 10.1 Å². The van der Waals surface area contributed by atoms with Crippen molar-refractivity contribution in [1.29, 1.82) is 0 Å². The number of ether oxygens (including phenoxy) is 1. The minimum Gasteiger partial charge on any atom is -0.377 e. The van der Waals surface area contributed by atoms with Crippen LogP contribution in [0.25, 0.3) is 10.8 Å². The van der Waals surface area contributed by atoms with Gasteiger partial charge in [-0.05, 0) is 6.07 Å². The van der Waals surface area contributed by atoms with E-state index in [1.54, 1.807) is 31.4 Å². The lowest BCUT2D eigenvalue weighted by Crippen LogP contribution is -2.18. The average Bonchev–Trinajstić information content (AvgIpc) is 2.98. The summed E-state index contributed by atoms with van der Waals surface area (Å²) in [5.74, 6) is -0.283. The van der Waals surface area contributed by atoms with Gasteiger partial charge in [-0.25, -0.2) is 5.10 Å². The number of amides is 1. The highest BCUT2D eigenvalue weighted by atomic mass is 32.1. The normalized spacial score (nSPS) is 10.8. The number of nitrogens with zero attached hydrogens (tertiary/aromatic N) is 3. The number of carbonyl (C=O) groups excluding carboxylic acids is 1. The molecule has 23 heavy (non-hydrogen) atoms. The number of aromatic nitrogens is 4. The highest BCUT2D eigenvalue weighted by Crippen LogP contribution is 2.17. The fourth-order valence-corrected chi connectivity index (χ4v) is 2.84. The van der Waals surface area contributed by atoms with Crippen molar-refractivity contribution >= 4 is 33.1 Å². The molecule has 0 aliphatic rings. The van der Waals surface area contributed by atoms with Crippen LogP contribution < -0.4 is 10.9 Å². The highest BCUT2D eigenvalue weighted by Gasteiger charge is 2.13. The summed E-state index contributed by atoms with van der Waals surface area (Å²) in [5, 5.41) is 19.0. The fourth-order valence-electron chi connectivity index (χ4n) is 2.11. The van der Waals surface area contributed by atoms with Gasteiger partial charge in [-0.1, -0.05) is 29.5 Å². The summed E-state index contributed by atoms with van der Waals surface area (Å²) < 4.78 is 4.95. The monoisotopic (exact) mass is 331 g/mol. The second-order valence-corrected chi connectivity index (χ2v) is 5.77. The Kier molecular flexibility index (Phi) is 4.40. The second kappa shape index (κ2) is 6.63. The Bertz CT molecular complexity index is 905. The van der Waals surface area contributed by atoms with E-state index in [4.69, 9.17) is 4.74 Å². The number of methoxy groups -OCH3 is 1. The van der Waals surface area contributed by atoms with Crippen LogP contribution in [0.3, 0.4) is 0 Å². The first kappa shape index (κ1) is 15.3. The van der Waals surface area contributed by atoms with Crippen LogP contribution in [0.15, 0.2) is 29.1 Å². The molecule has 3 aromatic rings. The molecule has 0 fully saturated rings. The Balaban J connectivity index is 1.77. The molecule has 2 N–H and O–H groups in total. The number of anilines is 1. The van der Waals surface area contributed by atoms with E-state index in [1.807, 2.05) is 0 Å². The Morgan fingerprint density at radius 2 is 2.09 bits per heavy atom. The molecule has 0 saturated heterocycles. The first-order valence-electron chi connectivity index (χ1n) is 6.75. The van der Waals surface area contributed by atoms with Crippen molar-refractivity contribution in [3.05, 3.63) is 45.3 Å². The third kappa shape index (κ3) is 3.41. The maximum Gasteiger partial charge on any atom is 0.272 e. The zero-order valence-electron chi connectivity index (χ0n) is 12.2. The molecule has 2 heterocycles. The van der Waals surface area contributed by atoms with Crippen LogP contribution in [0.2, 0.25) is 0 Å². The molecule has 1 amide bonds. The number of H-pyrrole nitrogens is 1. The van der Waals surface area contributed by atoms with Crippen molar-refractivity contribution in [3.63, 3.8) is 0 Å². The molecular formula is C14H13N5O3S. The second-order valence-electron chi connectivity index (χ2n) is 4.70. The Labute approximate surface area is 134 Å². The third-order valence-electron chi connectivity index (χ3n) is 3.08. The molecule has 2 aromatic heterocycles. The van der Waals surface area contributed by atoms with Crippen molar-refractivity contribution in [3.8, 4) is 0 Å². The number of aromatic amines is 1. The van der Waals surface area contributed by atoms with E-state index in [-0.39, 0.29) is 17.9 Å². The molecule has 1 aromatic carbocycles. The van der Waals surface area contributed by atoms with Gasteiger partial charge in [0.2, 0.25) is 11.0 Å². The summed E-state index contributed by atoms with van der Waals surface area (Å²) in [7, 11) is 1.56. The Morgan fingerprint density at radius 1 is 1.30 bits per heavy atom. The summed E-state index contributed by atoms with van der Waals surface area (Å²) in [5.41, 5.74) is 0.220. The summed E-state index contributed by atoms with van der Waals surface area (Å²) in [6.07, 6.45) is 0.0243. The lowest BCUT2D eigenvalue weighted by Gasteiger charge is -2.04. The van der Waals surface area contributed by atoms with Crippen LogP contribution in [0.4, 0.5) is 5.13 Å². The average molecular weight is 331 g/mol. The molecule has 0 radical (unpaired) electrons. The van der Waals surface area contributed by atoms with Crippen molar-refractivity contribution in [2.24, 2.45) is 0 Å². The predicted octanol–water partition coefficient (Wildman–Crippen LogP) is 1.10. The molecule has 0 spiro atoms. The third-order valence-corrected chi connectivity index (χ3v) is 3.90. The summed E-state index contributed by atoms with van der Waals surface area (Å²) in [6, 6.07) is 7.02. The van der Waals surface area contributed by atoms with Crippen LogP contribution in [-0.4, -0.2) is 33.4 Å². The van der Waals surface area contributed by atoms with Gasteiger partial charge >= 0.3 is 0 Å². The first-order chi connectivity index (χ1) is 11.2. The lowest BCUT2D eigenvalue weighted by molar-refractivity contribution is -0.115. The number of fused-ring (bicyclic) bond motifs is 1. The summed E-state index contributed by atoms with van der Waals surface area (Å²) >= 11 is 1.25. The number of hydrogen-bond donors (Lipinski definition) is 2. The topological polar surface area (TPSA) is 110 Å². The quantitative estimate of drug-likeness (QED) is 0.724. The van der Waals surface area contributed by atoms with E-state index in [0.717, 1.165) is 0 Å². The molecule has 9 heteroatoms. The van der Waals surface area contributed by atoms with E-state index < -0.39 is 0 Å². The van der Waals surface area contributed by atoms with Crippen LogP contribution in [0.1, 0.15) is 10.7 Å². The molecular weight excluding hydrogens is 318 g/mol. The van der Waals surface area contributed by atoms with Crippen molar-refractivity contribution in [2.45, 2.75) is 13.0 Å². The van der Waals surface area contributed by atoms with Crippen molar-refractivity contribution in [2.75, 3.05) is 12.4 Å². The molecule has 0 aliphatic carbocycles. The number of nitrogens with one attached hydrogen (secondary N) is 2. The molecule has 0 atom stereocenters. The fraction of sp³-hybridized carbons (Fsp3) is 0.214. The van der Waals surface area contributed by atoms with Crippen LogP contribution >= 0.6 is 11.3 Å². The van der Waals surface area contributed by atoms with Gasteiger partial charge in [-0.3, -0.25) is 9.59 Å². The van der Waals surface area contributed by atoms with Crippen molar-refractivity contribution < 1.29 is 9.53 Å². The van der Waals surface area contributed by atoms with E-state index in [2.05, 4.69) is 25.7 Å². The van der Waals surface area contributed by atoms with Crippen LogP contribution in [-0.2, 0) is 22.6 Å². The van der Waals surface area contributed by atoms with Gasteiger partial charge in [0, 0.05) is 12.5 Å². The van der Waals surface area contributed by atoms with Crippen LogP contribution in [0, 0.1) is 0 Å². The van der Waals surface area contributed by atoms with Gasteiger partial charge in [0.25, 0.3) is 5.56 Å². The van der Waals surface area contributed by atoms with E-state index >= 15 is 0 Å². The predicted molar refractivity (Wildman–Crippen MR) is 85.3 cm³/mol. The molecule has 8 nitrogen and oxygen atoms in total. The van der Waals surface area contributed by atoms with Gasteiger partial charge in [0.05, 0.1) is 17.5 Å². The minimum atomic E-state index is -0.283. The van der Waals surface area contributed by atoms with E-state index in [1.165, 1.54) is 11.3 Å². The zero-order valence-corrected chi connectivity index (χ0v) is 13.0. The van der Waals surface area contributed by atoms with E-state index in [9.17, 15) is 9.59 Å². The lowest BCUT2D eigenvalue weighted by atomic mass is 10.1. The Hall–Kier alpha value is -2.65. The molecule has 3 rings (SSSR count). The molecule has 0 aliphatic heterocycles. The minimum absolute atomic E-state index is 0.0243. The zero-order chi connectivity index (χ0) is 16.2. The molecule has 0 unspecified atom stereocenters. The van der Waals surface area contributed by atoms with Gasteiger partial charge in [-0.2, -0.15) is 5.10 Å². The SMILES string of the molecule is COCc1nnc(NC(=O)Cc2n[nH]c(=O)c3ccccc23)s1. The van der Waals surface area contributed by atoms with E-state index in [0.29, 0.717) is 33.2 Å². The smallest absolute Gasteiger partial charge is 0.272 e. The summed E-state index contributed by atoms with van der Waals surface area (Å²) in [4.78, 5) is 23.9. The maximum absolute atomic E-state index is 12.1. The number of benzene rings is 1. The van der Waals surface area contributed by atoms with Crippen molar-refractivity contribution in [1.82, 2.24) is 20.4 Å². The standard InChI is InChI=1S/C14H13N5O3S/c1-22-7-12-17-19-14(23-12)15-11(20)6-10-8-4-2-3-5-9(8)13(21)18-16-10/h2-5H,6-7H2,1H3,(H,18,21)(H,15,19,20). The maximum atomic E-state index is 12.1.